The number of aromatic nitrogens is 2. The van der Waals surface area contributed by atoms with Gasteiger partial charge in [-0.2, -0.15) is 14.9 Å². The summed E-state index contributed by atoms with van der Waals surface area (Å²) in [4.78, 5) is 0. The van der Waals surface area contributed by atoms with Crippen molar-refractivity contribution in [1.29, 1.82) is 0 Å². The summed E-state index contributed by atoms with van der Waals surface area (Å²) in [5.41, 5.74) is 10.1. The number of anilines is 2. The minimum atomic E-state index is 0.349. The molecule has 2 aromatic carbocycles. The van der Waals surface area contributed by atoms with Crippen LogP contribution in [-0.4, -0.2) is 14.9 Å². The third kappa shape index (κ3) is 3.89. The van der Waals surface area contributed by atoms with Crippen molar-refractivity contribution in [2.75, 3.05) is 11.1 Å². The number of nitrogens with one attached hydrogen (secondary N) is 1. The van der Waals surface area contributed by atoms with Crippen molar-refractivity contribution in [3.8, 4) is 0 Å². The molecular weight excluding hydrogens is 332 g/mol. The van der Waals surface area contributed by atoms with Crippen molar-refractivity contribution in [3.05, 3.63) is 65.9 Å². The molecule has 3 N–H and O–H groups in total. The van der Waals surface area contributed by atoms with Gasteiger partial charge in [-0.05, 0) is 50.3 Å². The number of rotatable bonds is 3. The first-order valence-electron chi connectivity index (χ1n) is 7.74. The molecule has 1 aromatic heterocycles. The fourth-order valence-electron chi connectivity index (χ4n) is 2.23. The number of hydrogen-bond donors (Lipinski definition) is 2. The Morgan fingerprint density at radius 1 is 1.04 bits per heavy atom. The predicted octanol–water partition coefficient (Wildman–Crippen LogP) is 4.74. The minimum absolute atomic E-state index is 0.349. The van der Waals surface area contributed by atoms with Crippen LogP contribution >= 0.6 is 12.2 Å². The van der Waals surface area contributed by atoms with Crippen LogP contribution in [0.25, 0.3) is 0 Å². The molecule has 1 heterocycles. The van der Waals surface area contributed by atoms with Crippen LogP contribution in [0.5, 0.6) is 0 Å². The number of aryl methyl sites for hydroxylation is 2. The number of nitrogens with two attached hydrogens (primary N) is 1. The first-order valence-corrected chi connectivity index (χ1v) is 8.15. The lowest BCUT2D eigenvalue weighted by molar-refractivity contribution is 0.931. The van der Waals surface area contributed by atoms with Crippen LogP contribution in [0.1, 0.15) is 11.3 Å². The normalized spacial score (nSPS) is 11.0. The highest BCUT2D eigenvalue weighted by molar-refractivity contribution is 7.80. The van der Waals surface area contributed by atoms with Crippen LogP contribution in [0.15, 0.2) is 64.8 Å². The van der Waals surface area contributed by atoms with Crippen LogP contribution < -0.4 is 11.1 Å². The Labute approximate surface area is 151 Å². The Morgan fingerprint density at radius 3 is 2.40 bits per heavy atom. The van der Waals surface area contributed by atoms with Gasteiger partial charge in [-0.3, -0.25) is 0 Å². The molecule has 0 spiro atoms. The molecule has 3 rings (SSSR count). The average molecular weight is 350 g/mol. The van der Waals surface area contributed by atoms with Gasteiger partial charge >= 0.3 is 0 Å². The maximum Gasteiger partial charge on any atom is 0.200 e. The predicted molar refractivity (Wildman–Crippen MR) is 105 cm³/mol. The van der Waals surface area contributed by atoms with Gasteiger partial charge in [0.05, 0.1) is 11.4 Å². The van der Waals surface area contributed by atoms with Gasteiger partial charge in [-0.1, -0.05) is 35.9 Å². The van der Waals surface area contributed by atoms with Crippen molar-refractivity contribution >= 4 is 40.2 Å². The van der Waals surface area contributed by atoms with E-state index >= 15 is 0 Å². The number of nitrogens with zero attached hydrogens (tertiary/aromatic N) is 4. The quantitative estimate of drug-likeness (QED) is 0.528. The first-order chi connectivity index (χ1) is 12.0. The van der Waals surface area contributed by atoms with E-state index in [9.17, 15) is 0 Å². The van der Waals surface area contributed by atoms with Crippen LogP contribution in [0.4, 0.5) is 22.9 Å². The smallest absolute Gasteiger partial charge is 0.200 e. The van der Waals surface area contributed by atoms with Crippen molar-refractivity contribution < 1.29 is 0 Å². The van der Waals surface area contributed by atoms with Crippen LogP contribution in [0, 0.1) is 13.8 Å². The maximum atomic E-state index is 6.17. The summed E-state index contributed by atoms with van der Waals surface area (Å²) >= 11 is 5.41. The molecule has 0 saturated heterocycles. The molecule has 7 heteroatoms. The topological polar surface area (TPSA) is 80.6 Å². The van der Waals surface area contributed by atoms with Gasteiger partial charge in [0.2, 0.25) is 0 Å². The molecule has 0 amide bonds. The number of thiocarbonyl (C=S) groups is 1. The summed E-state index contributed by atoms with van der Waals surface area (Å²) in [5.74, 6) is 0.349. The summed E-state index contributed by atoms with van der Waals surface area (Å²) in [6, 6.07) is 17.3. The standard InChI is InChI=1S/C18H18N6S/c1-12-8-10-14(11-9-12)20-18(25)24-17(19)16(13(2)23-24)22-21-15-6-4-3-5-7-15/h3-11H,19H2,1-2H3,(H,20,25). The average Bonchev–Trinajstić information content (AvgIpc) is 2.90. The summed E-state index contributed by atoms with van der Waals surface area (Å²) in [6.07, 6.45) is 0. The van der Waals surface area contributed by atoms with Gasteiger partial charge in [0.15, 0.2) is 16.6 Å². The van der Waals surface area contributed by atoms with E-state index in [1.54, 1.807) is 0 Å². The van der Waals surface area contributed by atoms with E-state index in [1.807, 2.05) is 68.4 Å². The fourth-order valence-corrected chi connectivity index (χ4v) is 2.49. The second kappa shape index (κ2) is 7.23. The highest BCUT2D eigenvalue weighted by atomic mass is 32.1. The Balaban J connectivity index is 1.82. The van der Waals surface area contributed by atoms with Crippen molar-refractivity contribution in [1.82, 2.24) is 9.78 Å². The molecule has 0 unspecified atom stereocenters. The lowest BCUT2D eigenvalue weighted by Crippen LogP contribution is -2.22. The van der Waals surface area contributed by atoms with Crippen molar-refractivity contribution in [2.45, 2.75) is 13.8 Å². The van der Waals surface area contributed by atoms with Gasteiger partial charge in [-0.25, -0.2) is 0 Å². The van der Waals surface area contributed by atoms with Crippen LogP contribution in [0.3, 0.4) is 0 Å². The number of benzene rings is 2. The molecule has 0 aliphatic heterocycles. The molecule has 0 aliphatic carbocycles. The Kier molecular flexibility index (Phi) is 4.85. The highest BCUT2D eigenvalue weighted by Crippen LogP contribution is 2.28. The minimum Gasteiger partial charge on any atom is -0.382 e. The zero-order chi connectivity index (χ0) is 17.8. The van der Waals surface area contributed by atoms with Crippen LogP contribution in [0.2, 0.25) is 0 Å². The monoisotopic (exact) mass is 350 g/mol. The van der Waals surface area contributed by atoms with E-state index in [0.717, 1.165) is 11.4 Å². The van der Waals surface area contributed by atoms with E-state index in [4.69, 9.17) is 18.0 Å². The molecule has 0 atom stereocenters. The number of azo groups is 1. The van der Waals surface area contributed by atoms with E-state index in [-0.39, 0.29) is 0 Å². The van der Waals surface area contributed by atoms with E-state index < -0.39 is 0 Å². The molecule has 6 nitrogen and oxygen atoms in total. The Bertz CT molecular complexity index is 913. The summed E-state index contributed by atoms with van der Waals surface area (Å²) in [6.45, 7) is 3.85. The van der Waals surface area contributed by atoms with E-state index in [0.29, 0.717) is 22.3 Å². The van der Waals surface area contributed by atoms with Crippen molar-refractivity contribution in [3.63, 3.8) is 0 Å². The molecule has 126 valence electrons. The third-order valence-electron chi connectivity index (χ3n) is 3.58. The molecule has 25 heavy (non-hydrogen) atoms. The molecule has 3 aromatic rings. The van der Waals surface area contributed by atoms with Gasteiger partial charge in [0.25, 0.3) is 0 Å². The van der Waals surface area contributed by atoms with E-state index in [1.165, 1.54) is 10.2 Å². The largest absolute Gasteiger partial charge is 0.382 e. The summed E-state index contributed by atoms with van der Waals surface area (Å²) < 4.78 is 1.46. The second-order valence-corrected chi connectivity index (χ2v) is 5.95. The molecule has 0 aliphatic rings. The van der Waals surface area contributed by atoms with Crippen LogP contribution in [-0.2, 0) is 0 Å². The van der Waals surface area contributed by atoms with Gasteiger partial charge in [0.1, 0.15) is 0 Å². The zero-order valence-corrected chi connectivity index (χ0v) is 14.8. The number of hydrogen-bond acceptors (Lipinski definition) is 5. The van der Waals surface area contributed by atoms with Gasteiger partial charge in [0, 0.05) is 5.69 Å². The molecule has 0 bridgehead atoms. The second-order valence-electron chi connectivity index (χ2n) is 5.56. The zero-order valence-electron chi connectivity index (χ0n) is 14.0. The summed E-state index contributed by atoms with van der Waals surface area (Å²) in [7, 11) is 0. The first kappa shape index (κ1) is 16.8. The Morgan fingerprint density at radius 2 is 1.72 bits per heavy atom. The lowest BCUT2D eigenvalue weighted by Gasteiger charge is -2.09. The SMILES string of the molecule is Cc1ccc(NC(=S)n2nc(C)c(N=Nc3ccccc3)c2N)cc1. The molecule has 0 radical (unpaired) electrons. The fraction of sp³-hybridized carbons (Fsp3) is 0.111. The Hall–Kier alpha value is -3.06. The van der Waals surface area contributed by atoms with E-state index in [2.05, 4.69) is 20.6 Å². The molecular formula is C18H18N6S. The summed E-state index contributed by atoms with van der Waals surface area (Å²) in [5, 5.41) is 16.3. The molecule has 0 fully saturated rings. The van der Waals surface area contributed by atoms with Gasteiger partial charge in [-0.15, -0.1) is 5.11 Å². The van der Waals surface area contributed by atoms with Crippen molar-refractivity contribution in [2.24, 2.45) is 10.2 Å². The maximum absolute atomic E-state index is 6.17. The third-order valence-corrected chi connectivity index (χ3v) is 3.86. The highest BCUT2D eigenvalue weighted by Gasteiger charge is 2.15. The molecule has 0 saturated carbocycles. The van der Waals surface area contributed by atoms with Gasteiger partial charge < -0.3 is 11.1 Å². The lowest BCUT2D eigenvalue weighted by atomic mass is 10.2. The number of nitrogen functional groups attached to an aromatic ring is 1.